The van der Waals surface area contributed by atoms with Crippen molar-refractivity contribution in [1.82, 2.24) is 5.32 Å². The summed E-state index contributed by atoms with van der Waals surface area (Å²) >= 11 is 3.47. The molecule has 3 heteroatoms. The maximum atomic E-state index is 13.2. The summed E-state index contributed by atoms with van der Waals surface area (Å²) in [4.78, 5) is 0. The predicted octanol–water partition coefficient (Wildman–Crippen LogP) is 5.39. The van der Waals surface area contributed by atoms with Gasteiger partial charge in [0.15, 0.2) is 0 Å². The summed E-state index contributed by atoms with van der Waals surface area (Å²) in [5.41, 5.74) is 2.43. The summed E-state index contributed by atoms with van der Waals surface area (Å²) in [5.74, 6) is 0.508. The lowest BCUT2D eigenvalue weighted by atomic mass is 9.99. The molecule has 2 atom stereocenters. The van der Waals surface area contributed by atoms with E-state index in [9.17, 15) is 4.39 Å². The highest BCUT2D eigenvalue weighted by Crippen LogP contribution is 2.42. The zero-order chi connectivity index (χ0) is 14.8. The SMILES string of the molecule is CC(NC(c1ccccc1)C1CC1)c1ccc(F)cc1Br. The lowest BCUT2D eigenvalue weighted by Gasteiger charge is -2.25. The van der Waals surface area contributed by atoms with E-state index in [0.29, 0.717) is 12.0 Å². The molecule has 0 bridgehead atoms. The van der Waals surface area contributed by atoms with E-state index >= 15 is 0 Å². The molecule has 0 spiro atoms. The van der Waals surface area contributed by atoms with Gasteiger partial charge in [-0.2, -0.15) is 0 Å². The molecule has 1 aliphatic rings. The highest BCUT2D eigenvalue weighted by Gasteiger charge is 2.33. The Bertz CT molecular complexity index is 610. The van der Waals surface area contributed by atoms with Gasteiger partial charge in [-0.25, -0.2) is 4.39 Å². The van der Waals surface area contributed by atoms with Gasteiger partial charge in [0.25, 0.3) is 0 Å². The fraction of sp³-hybridized carbons (Fsp3) is 0.333. The second kappa shape index (κ2) is 6.29. The van der Waals surface area contributed by atoms with E-state index in [4.69, 9.17) is 0 Å². The van der Waals surface area contributed by atoms with Gasteiger partial charge < -0.3 is 5.32 Å². The topological polar surface area (TPSA) is 12.0 Å². The van der Waals surface area contributed by atoms with E-state index in [1.807, 2.05) is 12.1 Å². The molecule has 0 saturated heterocycles. The fourth-order valence-corrected chi connectivity index (χ4v) is 3.50. The maximum absolute atomic E-state index is 13.2. The first kappa shape index (κ1) is 14.7. The fourth-order valence-electron chi connectivity index (χ4n) is 2.81. The Morgan fingerprint density at radius 1 is 1.14 bits per heavy atom. The first-order valence-corrected chi connectivity index (χ1v) is 8.20. The van der Waals surface area contributed by atoms with Gasteiger partial charge in [-0.15, -0.1) is 0 Å². The van der Waals surface area contributed by atoms with Gasteiger partial charge >= 0.3 is 0 Å². The van der Waals surface area contributed by atoms with E-state index in [0.717, 1.165) is 10.0 Å². The molecule has 0 amide bonds. The Morgan fingerprint density at radius 2 is 1.86 bits per heavy atom. The first-order valence-electron chi connectivity index (χ1n) is 7.41. The molecule has 0 radical (unpaired) electrons. The molecule has 1 nitrogen and oxygen atoms in total. The van der Waals surface area contributed by atoms with Crippen LogP contribution >= 0.6 is 15.9 Å². The van der Waals surface area contributed by atoms with Crippen LogP contribution in [0.1, 0.15) is 43.0 Å². The largest absolute Gasteiger partial charge is 0.303 e. The van der Waals surface area contributed by atoms with Crippen molar-refractivity contribution in [1.29, 1.82) is 0 Å². The monoisotopic (exact) mass is 347 g/mol. The van der Waals surface area contributed by atoms with Gasteiger partial charge in [0.2, 0.25) is 0 Å². The molecule has 1 saturated carbocycles. The van der Waals surface area contributed by atoms with Gasteiger partial charge in [0, 0.05) is 16.6 Å². The molecule has 2 aromatic rings. The zero-order valence-corrected chi connectivity index (χ0v) is 13.6. The van der Waals surface area contributed by atoms with E-state index in [1.165, 1.54) is 30.5 Å². The first-order chi connectivity index (χ1) is 10.1. The van der Waals surface area contributed by atoms with Gasteiger partial charge in [-0.3, -0.25) is 0 Å². The molecule has 0 aromatic heterocycles. The number of nitrogens with one attached hydrogen (secondary N) is 1. The molecular formula is C18H19BrFN. The minimum atomic E-state index is -0.209. The smallest absolute Gasteiger partial charge is 0.124 e. The number of hydrogen-bond acceptors (Lipinski definition) is 1. The minimum absolute atomic E-state index is 0.172. The molecule has 1 aliphatic carbocycles. The average Bonchev–Trinajstić information content (AvgIpc) is 3.30. The summed E-state index contributed by atoms with van der Waals surface area (Å²) in [6.45, 7) is 2.14. The van der Waals surface area contributed by atoms with Crippen LogP contribution in [0, 0.1) is 11.7 Å². The third-order valence-corrected chi connectivity index (χ3v) is 4.80. The molecule has 3 rings (SSSR count). The van der Waals surface area contributed by atoms with Crippen LogP contribution in [0.2, 0.25) is 0 Å². The van der Waals surface area contributed by atoms with Crippen LogP contribution in [0.15, 0.2) is 53.0 Å². The van der Waals surface area contributed by atoms with Gasteiger partial charge in [-0.05, 0) is 48.9 Å². The lowest BCUT2D eigenvalue weighted by Crippen LogP contribution is -2.26. The highest BCUT2D eigenvalue weighted by atomic mass is 79.9. The van der Waals surface area contributed by atoms with Crippen molar-refractivity contribution in [2.24, 2.45) is 5.92 Å². The number of hydrogen-bond donors (Lipinski definition) is 1. The Labute approximate surface area is 133 Å². The second-order valence-electron chi connectivity index (χ2n) is 5.78. The Kier molecular flexibility index (Phi) is 4.41. The molecule has 0 heterocycles. The summed E-state index contributed by atoms with van der Waals surface area (Å²) in [5, 5.41) is 3.72. The minimum Gasteiger partial charge on any atom is -0.303 e. The average molecular weight is 348 g/mol. The zero-order valence-electron chi connectivity index (χ0n) is 12.0. The van der Waals surface area contributed by atoms with Gasteiger partial charge in [-0.1, -0.05) is 52.3 Å². The molecule has 21 heavy (non-hydrogen) atoms. The van der Waals surface area contributed by atoms with Crippen molar-refractivity contribution in [3.05, 3.63) is 69.9 Å². The number of halogens is 2. The van der Waals surface area contributed by atoms with Crippen LogP contribution in [0.5, 0.6) is 0 Å². The van der Waals surface area contributed by atoms with Gasteiger partial charge in [0.1, 0.15) is 5.82 Å². The van der Waals surface area contributed by atoms with Crippen LogP contribution < -0.4 is 5.32 Å². The summed E-state index contributed by atoms with van der Waals surface area (Å²) < 4.78 is 14.1. The van der Waals surface area contributed by atoms with Crippen molar-refractivity contribution < 1.29 is 4.39 Å². The summed E-state index contributed by atoms with van der Waals surface area (Å²) in [6, 6.07) is 16.0. The van der Waals surface area contributed by atoms with Crippen LogP contribution in [0.3, 0.4) is 0 Å². The summed E-state index contributed by atoms with van der Waals surface area (Å²) in [7, 11) is 0. The van der Waals surface area contributed by atoms with E-state index in [-0.39, 0.29) is 11.9 Å². The summed E-state index contributed by atoms with van der Waals surface area (Å²) in [6.07, 6.45) is 2.56. The maximum Gasteiger partial charge on any atom is 0.124 e. The number of rotatable bonds is 5. The third kappa shape index (κ3) is 3.53. The molecule has 1 N–H and O–H groups in total. The van der Waals surface area contributed by atoms with Crippen molar-refractivity contribution >= 4 is 15.9 Å². The van der Waals surface area contributed by atoms with Crippen molar-refractivity contribution in [3.8, 4) is 0 Å². The molecule has 0 aliphatic heterocycles. The molecule has 110 valence electrons. The second-order valence-corrected chi connectivity index (χ2v) is 6.63. The molecule has 2 aromatic carbocycles. The van der Waals surface area contributed by atoms with Crippen molar-refractivity contribution in [2.45, 2.75) is 31.8 Å². The Morgan fingerprint density at radius 3 is 2.48 bits per heavy atom. The molecule has 1 fully saturated rings. The standard InChI is InChI=1S/C18H19BrFN/c1-12(16-10-9-15(20)11-17(16)19)21-18(14-7-8-14)13-5-3-2-4-6-13/h2-6,9-12,14,18,21H,7-8H2,1H3. The van der Waals surface area contributed by atoms with Crippen molar-refractivity contribution in [3.63, 3.8) is 0 Å². The van der Waals surface area contributed by atoms with Crippen LogP contribution in [-0.2, 0) is 0 Å². The van der Waals surface area contributed by atoms with Crippen LogP contribution in [-0.4, -0.2) is 0 Å². The highest BCUT2D eigenvalue weighted by molar-refractivity contribution is 9.10. The quantitative estimate of drug-likeness (QED) is 0.764. The van der Waals surface area contributed by atoms with Crippen LogP contribution in [0.25, 0.3) is 0 Å². The van der Waals surface area contributed by atoms with Crippen LogP contribution in [0.4, 0.5) is 4.39 Å². The van der Waals surface area contributed by atoms with E-state index < -0.39 is 0 Å². The normalized spacial score (nSPS) is 17.5. The van der Waals surface area contributed by atoms with E-state index in [1.54, 1.807) is 0 Å². The molecule has 2 unspecified atom stereocenters. The Hall–Kier alpha value is -1.19. The molecular weight excluding hydrogens is 329 g/mol. The van der Waals surface area contributed by atoms with E-state index in [2.05, 4.69) is 52.4 Å². The lowest BCUT2D eigenvalue weighted by molar-refractivity contribution is 0.426. The predicted molar refractivity (Wildman–Crippen MR) is 87.6 cm³/mol. The number of benzene rings is 2. The van der Waals surface area contributed by atoms with Gasteiger partial charge in [0.05, 0.1) is 0 Å². The van der Waals surface area contributed by atoms with Crippen molar-refractivity contribution in [2.75, 3.05) is 0 Å². The third-order valence-electron chi connectivity index (χ3n) is 4.11. The Balaban J connectivity index is 1.79.